The molecule has 0 unspecified atom stereocenters. The van der Waals surface area contributed by atoms with E-state index in [0.717, 1.165) is 29.4 Å². The number of H-pyrrole nitrogens is 1. The molecule has 7 heteroatoms. The van der Waals surface area contributed by atoms with Gasteiger partial charge in [0.2, 0.25) is 0 Å². The molecular weight excluding hydrogens is 359 g/mol. The van der Waals surface area contributed by atoms with Crippen LogP contribution in [0, 0.1) is 0 Å². The van der Waals surface area contributed by atoms with Crippen LogP contribution in [0.5, 0.6) is 0 Å². The summed E-state index contributed by atoms with van der Waals surface area (Å²) in [6.45, 7) is 0.594. The van der Waals surface area contributed by atoms with E-state index in [0.29, 0.717) is 17.7 Å². The van der Waals surface area contributed by atoms with Crippen LogP contribution in [-0.4, -0.2) is 28.3 Å². The summed E-state index contributed by atoms with van der Waals surface area (Å²) in [4.78, 5) is 31.3. The molecule has 3 heterocycles. The van der Waals surface area contributed by atoms with Gasteiger partial charge in [-0.3, -0.25) is 9.59 Å². The Morgan fingerprint density at radius 2 is 2.00 bits per heavy atom. The lowest BCUT2D eigenvalue weighted by molar-refractivity contribution is -0.114. The summed E-state index contributed by atoms with van der Waals surface area (Å²) in [6, 6.07) is 13.9. The Morgan fingerprint density at radius 1 is 1.18 bits per heavy atom. The lowest BCUT2D eigenvalue weighted by atomic mass is 10.1. The molecule has 0 fully saturated rings. The Bertz CT molecular complexity index is 1070. The summed E-state index contributed by atoms with van der Waals surface area (Å²) >= 11 is 0. The van der Waals surface area contributed by atoms with Crippen molar-refractivity contribution in [2.24, 2.45) is 0 Å². The van der Waals surface area contributed by atoms with Crippen molar-refractivity contribution in [1.82, 2.24) is 15.3 Å². The molecule has 0 aliphatic carbocycles. The quantitative estimate of drug-likeness (QED) is 0.611. The van der Waals surface area contributed by atoms with Crippen molar-refractivity contribution in [3.8, 4) is 11.3 Å². The van der Waals surface area contributed by atoms with E-state index in [9.17, 15) is 14.0 Å². The highest BCUT2D eigenvalue weighted by Crippen LogP contribution is 2.25. The first-order valence-electron chi connectivity index (χ1n) is 8.80. The second kappa shape index (κ2) is 7.48. The second-order valence-electron chi connectivity index (χ2n) is 6.37. The molecule has 1 aliphatic heterocycles. The first-order valence-corrected chi connectivity index (χ1v) is 8.80. The van der Waals surface area contributed by atoms with Gasteiger partial charge in [0.05, 0.1) is 5.56 Å². The van der Waals surface area contributed by atoms with Crippen LogP contribution in [0.2, 0.25) is 0 Å². The van der Waals surface area contributed by atoms with Crippen molar-refractivity contribution in [3.05, 3.63) is 77.4 Å². The molecule has 6 nitrogen and oxygen atoms in total. The Balaban J connectivity index is 1.54. The van der Waals surface area contributed by atoms with E-state index in [4.69, 9.17) is 0 Å². The lowest BCUT2D eigenvalue weighted by Crippen LogP contribution is -2.31. The first-order chi connectivity index (χ1) is 13.6. The molecule has 0 radical (unpaired) electrons. The van der Waals surface area contributed by atoms with Crippen molar-refractivity contribution in [1.29, 1.82) is 0 Å². The van der Waals surface area contributed by atoms with Crippen LogP contribution in [-0.2, 0) is 11.2 Å². The van der Waals surface area contributed by atoms with E-state index in [2.05, 4.69) is 20.6 Å². The van der Waals surface area contributed by atoms with Gasteiger partial charge in [-0.2, -0.15) is 0 Å². The van der Waals surface area contributed by atoms with Crippen LogP contribution in [0.1, 0.15) is 21.6 Å². The van der Waals surface area contributed by atoms with E-state index in [1.807, 2.05) is 6.07 Å². The van der Waals surface area contributed by atoms with Gasteiger partial charge in [0.15, 0.2) is 5.83 Å². The fourth-order valence-electron chi connectivity index (χ4n) is 3.05. The van der Waals surface area contributed by atoms with Crippen LogP contribution in [0.4, 0.5) is 10.2 Å². The minimum atomic E-state index is -0.912. The Kier molecular flexibility index (Phi) is 4.72. The maximum absolute atomic E-state index is 14.2. The Hall–Kier alpha value is -3.74. The molecule has 0 spiro atoms. The third-order valence-electron chi connectivity index (χ3n) is 4.43. The van der Waals surface area contributed by atoms with Gasteiger partial charge in [-0.25, -0.2) is 9.37 Å². The smallest absolute Gasteiger partial charge is 0.285 e. The highest BCUT2D eigenvalue weighted by Gasteiger charge is 2.20. The number of hydrogen-bond donors (Lipinski definition) is 3. The zero-order valence-corrected chi connectivity index (χ0v) is 14.8. The summed E-state index contributed by atoms with van der Waals surface area (Å²) in [5, 5.41) is 5.25. The standard InChI is InChI=1S/C21H17FN4O2/c22-16(10-13-4-2-1-3-5-13)21(28)26-19-11-14(6-8-23-19)18-12-15-17(25-18)7-9-24-20(15)27/h1-6,8,10-12,25H,7,9H2,(H,24,27)(H,23,26,28). The maximum atomic E-state index is 14.2. The molecule has 1 aliphatic rings. The number of hydrogen-bond acceptors (Lipinski definition) is 3. The monoisotopic (exact) mass is 376 g/mol. The van der Waals surface area contributed by atoms with Gasteiger partial charge < -0.3 is 15.6 Å². The van der Waals surface area contributed by atoms with Crippen LogP contribution in [0.3, 0.4) is 0 Å². The average molecular weight is 376 g/mol. The fourth-order valence-corrected chi connectivity index (χ4v) is 3.05. The van der Waals surface area contributed by atoms with Crippen LogP contribution in [0.25, 0.3) is 17.3 Å². The van der Waals surface area contributed by atoms with E-state index in [1.165, 1.54) is 6.20 Å². The molecule has 2 aromatic heterocycles. The number of rotatable bonds is 4. The minimum Gasteiger partial charge on any atom is -0.358 e. The molecule has 3 N–H and O–H groups in total. The van der Waals surface area contributed by atoms with Gasteiger partial charge in [-0.05, 0) is 29.8 Å². The number of pyridine rings is 1. The van der Waals surface area contributed by atoms with Crippen molar-refractivity contribution in [3.63, 3.8) is 0 Å². The number of aromatic amines is 1. The predicted molar refractivity (Wildman–Crippen MR) is 104 cm³/mol. The molecule has 1 aromatic carbocycles. The minimum absolute atomic E-state index is 0.112. The van der Waals surface area contributed by atoms with E-state index in [-0.39, 0.29) is 11.7 Å². The largest absolute Gasteiger partial charge is 0.358 e. The molecule has 4 rings (SSSR count). The molecule has 0 bridgehead atoms. The van der Waals surface area contributed by atoms with Gasteiger partial charge in [-0.1, -0.05) is 30.3 Å². The summed E-state index contributed by atoms with van der Waals surface area (Å²) in [6.07, 6.45) is 3.41. The normalized spacial score (nSPS) is 13.6. The Labute approximate surface area is 160 Å². The van der Waals surface area contributed by atoms with Crippen molar-refractivity contribution in [2.75, 3.05) is 11.9 Å². The molecule has 0 atom stereocenters. The number of fused-ring (bicyclic) bond motifs is 1. The number of benzene rings is 1. The zero-order valence-electron chi connectivity index (χ0n) is 14.8. The number of amides is 2. The van der Waals surface area contributed by atoms with Crippen molar-refractivity contribution in [2.45, 2.75) is 6.42 Å². The molecule has 28 heavy (non-hydrogen) atoms. The lowest BCUT2D eigenvalue weighted by Gasteiger charge is -2.10. The number of halogens is 1. The molecule has 0 saturated heterocycles. The van der Waals surface area contributed by atoms with Gasteiger partial charge in [-0.15, -0.1) is 0 Å². The molecule has 2 amide bonds. The van der Waals surface area contributed by atoms with Crippen molar-refractivity contribution >= 4 is 23.7 Å². The summed E-state index contributed by atoms with van der Waals surface area (Å²) in [5.74, 6) is -1.68. The van der Waals surface area contributed by atoms with Crippen molar-refractivity contribution < 1.29 is 14.0 Å². The van der Waals surface area contributed by atoms with Crippen LogP contribution < -0.4 is 10.6 Å². The summed E-state index contributed by atoms with van der Waals surface area (Å²) in [5.41, 5.74) is 3.55. The zero-order chi connectivity index (χ0) is 19.5. The van der Waals surface area contributed by atoms with Gasteiger partial charge >= 0.3 is 0 Å². The van der Waals surface area contributed by atoms with E-state index >= 15 is 0 Å². The third-order valence-corrected chi connectivity index (χ3v) is 4.43. The highest BCUT2D eigenvalue weighted by atomic mass is 19.1. The maximum Gasteiger partial charge on any atom is 0.285 e. The van der Waals surface area contributed by atoms with Gasteiger partial charge in [0, 0.05) is 36.1 Å². The van der Waals surface area contributed by atoms with E-state index in [1.54, 1.807) is 42.5 Å². The second-order valence-corrected chi connectivity index (χ2v) is 6.37. The topological polar surface area (TPSA) is 86.9 Å². The van der Waals surface area contributed by atoms with Crippen LogP contribution in [0.15, 0.2) is 60.6 Å². The number of nitrogens with one attached hydrogen (secondary N) is 3. The molecule has 140 valence electrons. The number of carbonyl (C=O) groups is 2. The SMILES string of the molecule is O=C(Nc1cc(-c2cc3c([nH]2)CCNC3=O)ccn1)C(F)=Cc1ccccc1. The van der Waals surface area contributed by atoms with E-state index < -0.39 is 11.7 Å². The van der Waals surface area contributed by atoms with Gasteiger partial charge in [0.25, 0.3) is 11.8 Å². The summed E-state index contributed by atoms with van der Waals surface area (Å²) < 4.78 is 14.2. The average Bonchev–Trinajstić information content (AvgIpc) is 3.15. The number of nitrogens with zero attached hydrogens (tertiary/aromatic N) is 1. The third kappa shape index (κ3) is 3.68. The molecular formula is C21H17FN4O2. The molecule has 3 aromatic rings. The number of carbonyl (C=O) groups excluding carboxylic acids is 2. The molecule has 0 saturated carbocycles. The number of anilines is 1. The predicted octanol–water partition coefficient (Wildman–Crippen LogP) is 3.31. The highest BCUT2D eigenvalue weighted by molar-refractivity contribution is 6.04. The summed E-state index contributed by atoms with van der Waals surface area (Å²) in [7, 11) is 0. The fraction of sp³-hybridized carbons (Fsp3) is 0.0952. The van der Waals surface area contributed by atoms with Crippen LogP contribution >= 0.6 is 0 Å². The van der Waals surface area contributed by atoms with Gasteiger partial charge in [0.1, 0.15) is 5.82 Å². The first kappa shape index (κ1) is 17.7. The Morgan fingerprint density at radius 3 is 2.79 bits per heavy atom. The number of aromatic nitrogens is 2.